The number of amides is 1. The molecule has 30 heavy (non-hydrogen) atoms. The summed E-state index contributed by atoms with van der Waals surface area (Å²) < 4.78 is 7.47. The molecule has 3 aromatic rings. The predicted molar refractivity (Wildman–Crippen MR) is 119 cm³/mol. The molecule has 2 N–H and O–H groups in total. The van der Waals surface area contributed by atoms with E-state index in [2.05, 4.69) is 15.5 Å². The van der Waals surface area contributed by atoms with Crippen LogP contribution >= 0.6 is 23.6 Å². The number of nitrogens with zero attached hydrogens (tertiary/aromatic N) is 2. The topological polar surface area (TPSA) is 89.0 Å². The summed E-state index contributed by atoms with van der Waals surface area (Å²) in [6.07, 6.45) is 0.738. The van der Waals surface area contributed by atoms with E-state index in [9.17, 15) is 9.59 Å². The van der Waals surface area contributed by atoms with E-state index in [1.807, 2.05) is 52.4 Å². The number of carbonyl (C=O) groups excluding carboxylic acids is 2. The van der Waals surface area contributed by atoms with Crippen LogP contribution in [0, 0.1) is 10.7 Å². The van der Waals surface area contributed by atoms with Crippen molar-refractivity contribution >= 4 is 35.4 Å². The van der Waals surface area contributed by atoms with Gasteiger partial charge in [0.2, 0.25) is 5.91 Å². The molecule has 7 nitrogen and oxygen atoms in total. The Labute approximate surface area is 184 Å². The molecule has 0 aliphatic rings. The second kappa shape index (κ2) is 10.8. The summed E-state index contributed by atoms with van der Waals surface area (Å²) in [6.45, 7) is 2.70. The van der Waals surface area contributed by atoms with E-state index >= 15 is 0 Å². The van der Waals surface area contributed by atoms with Gasteiger partial charge in [-0.1, -0.05) is 36.4 Å². The van der Waals surface area contributed by atoms with Crippen LogP contribution in [0.5, 0.6) is 0 Å². The zero-order valence-corrected chi connectivity index (χ0v) is 18.3. The smallest absolute Gasteiger partial charge is 0.311 e. The van der Waals surface area contributed by atoms with Crippen LogP contribution in [0.1, 0.15) is 18.9 Å². The van der Waals surface area contributed by atoms with E-state index in [-0.39, 0.29) is 24.8 Å². The summed E-state index contributed by atoms with van der Waals surface area (Å²) in [6, 6.07) is 13.6. The standard InChI is InChI=1S/C21H24N4O3S2/c1-2-28-20(27)16(13-15-7-4-3-5-8-15)14-22-18(26)10-11-25-19(23-24-21(25)29)17-9-6-12-30-17/h3-9,12,16H,2,10-11,13-14H2,1H3,(H,22,26)(H,24,29). The maximum absolute atomic E-state index is 12.4. The molecule has 0 spiro atoms. The maximum Gasteiger partial charge on any atom is 0.311 e. The number of aromatic nitrogens is 3. The van der Waals surface area contributed by atoms with Crippen LogP contribution in [-0.2, 0) is 27.3 Å². The molecule has 0 saturated carbocycles. The summed E-state index contributed by atoms with van der Waals surface area (Å²) in [7, 11) is 0. The number of thiophene rings is 1. The first kappa shape index (κ1) is 21.9. The molecule has 0 saturated heterocycles. The van der Waals surface area contributed by atoms with Crippen molar-refractivity contribution in [2.45, 2.75) is 26.3 Å². The van der Waals surface area contributed by atoms with E-state index < -0.39 is 5.92 Å². The fourth-order valence-electron chi connectivity index (χ4n) is 3.06. The average Bonchev–Trinajstić information content (AvgIpc) is 3.40. The zero-order chi connectivity index (χ0) is 21.3. The molecule has 3 rings (SSSR count). The molecule has 1 aromatic carbocycles. The summed E-state index contributed by atoms with van der Waals surface area (Å²) >= 11 is 6.86. The fraction of sp³-hybridized carbons (Fsp3) is 0.333. The van der Waals surface area contributed by atoms with Gasteiger partial charge in [-0.15, -0.1) is 11.3 Å². The molecule has 0 fully saturated rings. The molecule has 2 heterocycles. The SMILES string of the molecule is CCOC(=O)C(CNC(=O)CCn1c(-c2cccs2)n[nH]c1=S)Cc1ccccc1. The third kappa shape index (κ3) is 5.87. The van der Waals surface area contributed by atoms with Crippen LogP contribution in [-0.4, -0.2) is 39.8 Å². The highest BCUT2D eigenvalue weighted by Crippen LogP contribution is 2.22. The lowest BCUT2D eigenvalue weighted by atomic mass is 9.99. The number of hydrogen-bond acceptors (Lipinski definition) is 6. The molecule has 1 atom stereocenters. The summed E-state index contributed by atoms with van der Waals surface area (Å²) in [4.78, 5) is 25.7. The highest BCUT2D eigenvalue weighted by Gasteiger charge is 2.21. The molecule has 0 radical (unpaired) electrons. The Balaban J connectivity index is 1.58. The van der Waals surface area contributed by atoms with Crippen LogP contribution in [0.3, 0.4) is 0 Å². The van der Waals surface area contributed by atoms with E-state index in [1.165, 1.54) is 0 Å². The van der Waals surface area contributed by atoms with Crippen molar-refractivity contribution in [3.63, 3.8) is 0 Å². The lowest BCUT2D eigenvalue weighted by Crippen LogP contribution is -2.35. The number of ether oxygens (including phenoxy) is 1. The minimum Gasteiger partial charge on any atom is -0.466 e. The monoisotopic (exact) mass is 444 g/mol. The first-order valence-corrected chi connectivity index (χ1v) is 11.0. The van der Waals surface area contributed by atoms with Crippen LogP contribution in [0.2, 0.25) is 0 Å². The summed E-state index contributed by atoms with van der Waals surface area (Å²) in [5.74, 6) is -0.179. The molecule has 158 valence electrons. The Morgan fingerprint density at radius 1 is 1.27 bits per heavy atom. The molecule has 0 aliphatic heterocycles. The number of hydrogen-bond donors (Lipinski definition) is 2. The van der Waals surface area contributed by atoms with Gasteiger partial charge in [-0.3, -0.25) is 19.3 Å². The zero-order valence-electron chi connectivity index (χ0n) is 16.7. The minimum atomic E-state index is -0.436. The molecular formula is C21H24N4O3S2. The first-order chi connectivity index (χ1) is 14.6. The van der Waals surface area contributed by atoms with Crippen molar-refractivity contribution in [3.8, 4) is 10.7 Å². The molecule has 1 unspecified atom stereocenters. The van der Waals surface area contributed by atoms with E-state index in [0.717, 1.165) is 16.3 Å². The third-order valence-corrected chi connectivity index (χ3v) is 5.73. The van der Waals surface area contributed by atoms with Gasteiger partial charge in [0.05, 0.1) is 17.4 Å². The van der Waals surface area contributed by atoms with Crippen molar-refractivity contribution in [1.82, 2.24) is 20.1 Å². The lowest BCUT2D eigenvalue weighted by molar-refractivity contribution is -0.147. The maximum atomic E-state index is 12.4. The number of H-pyrrole nitrogens is 1. The molecular weight excluding hydrogens is 420 g/mol. The predicted octanol–water partition coefficient (Wildman–Crippen LogP) is 3.60. The molecule has 2 aromatic heterocycles. The van der Waals surface area contributed by atoms with Crippen LogP contribution < -0.4 is 5.32 Å². The summed E-state index contributed by atoms with van der Waals surface area (Å²) in [5, 5.41) is 11.9. The Hall–Kier alpha value is -2.78. The quantitative estimate of drug-likeness (QED) is 0.368. The van der Waals surface area contributed by atoms with Gasteiger partial charge in [-0.2, -0.15) is 5.10 Å². The van der Waals surface area contributed by atoms with Crippen molar-refractivity contribution in [2.75, 3.05) is 13.2 Å². The Morgan fingerprint density at radius 3 is 2.77 bits per heavy atom. The molecule has 0 bridgehead atoms. The van der Waals surface area contributed by atoms with Crippen molar-refractivity contribution < 1.29 is 14.3 Å². The number of carbonyl (C=O) groups is 2. The Kier molecular flexibility index (Phi) is 7.92. The van der Waals surface area contributed by atoms with Gasteiger partial charge in [0, 0.05) is 19.5 Å². The number of rotatable bonds is 10. The lowest BCUT2D eigenvalue weighted by Gasteiger charge is -2.16. The largest absolute Gasteiger partial charge is 0.466 e. The molecule has 1 amide bonds. The highest BCUT2D eigenvalue weighted by atomic mass is 32.1. The average molecular weight is 445 g/mol. The fourth-order valence-corrected chi connectivity index (χ4v) is 4.00. The van der Waals surface area contributed by atoms with Gasteiger partial charge in [-0.05, 0) is 42.6 Å². The third-order valence-electron chi connectivity index (χ3n) is 4.55. The van der Waals surface area contributed by atoms with Gasteiger partial charge in [0.25, 0.3) is 0 Å². The number of benzene rings is 1. The number of esters is 1. The Bertz CT molecular complexity index is 1010. The van der Waals surface area contributed by atoms with Crippen LogP contribution in [0.4, 0.5) is 0 Å². The van der Waals surface area contributed by atoms with E-state index in [1.54, 1.807) is 18.3 Å². The normalized spacial score (nSPS) is 11.8. The number of nitrogens with one attached hydrogen (secondary N) is 2. The van der Waals surface area contributed by atoms with E-state index in [4.69, 9.17) is 17.0 Å². The van der Waals surface area contributed by atoms with Crippen molar-refractivity contribution in [1.29, 1.82) is 0 Å². The molecule has 0 aliphatic carbocycles. The van der Waals surface area contributed by atoms with Crippen molar-refractivity contribution in [2.24, 2.45) is 5.92 Å². The van der Waals surface area contributed by atoms with Gasteiger partial charge < -0.3 is 10.1 Å². The number of aromatic amines is 1. The first-order valence-electron chi connectivity index (χ1n) is 9.74. The van der Waals surface area contributed by atoms with Gasteiger partial charge in [0.1, 0.15) is 0 Å². The van der Waals surface area contributed by atoms with Crippen LogP contribution in [0.25, 0.3) is 10.7 Å². The second-order valence-corrected chi connectivity index (χ2v) is 8.01. The van der Waals surface area contributed by atoms with E-state index in [0.29, 0.717) is 24.3 Å². The Morgan fingerprint density at radius 2 is 2.07 bits per heavy atom. The molecule has 9 heteroatoms. The second-order valence-electron chi connectivity index (χ2n) is 6.67. The van der Waals surface area contributed by atoms with Gasteiger partial charge in [-0.25, -0.2) is 0 Å². The van der Waals surface area contributed by atoms with Gasteiger partial charge >= 0.3 is 5.97 Å². The minimum absolute atomic E-state index is 0.155. The van der Waals surface area contributed by atoms with Gasteiger partial charge in [0.15, 0.2) is 10.6 Å². The van der Waals surface area contributed by atoms with Crippen LogP contribution in [0.15, 0.2) is 47.8 Å². The van der Waals surface area contributed by atoms with Crippen molar-refractivity contribution in [3.05, 3.63) is 58.2 Å². The highest BCUT2D eigenvalue weighted by molar-refractivity contribution is 7.71. The summed E-state index contributed by atoms with van der Waals surface area (Å²) in [5.41, 5.74) is 1.02.